The summed E-state index contributed by atoms with van der Waals surface area (Å²) >= 11 is 8.62. The van der Waals surface area contributed by atoms with Crippen molar-refractivity contribution < 1.29 is 14.3 Å². The highest BCUT2D eigenvalue weighted by atomic mass is 35.5. The number of thiophene rings is 2. The number of pyridine rings is 1. The number of nitrogens with zero attached hydrogens (tertiary/aromatic N) is 1. The molecule has 0 saturated carbocycles. The highest BCUT2D eigenvalue weighted by Crippen LogP contribution is 2.39. The molecule has 5 rings (SSSR count). The molecule has 0 unspecified atom stereocenters. The van der Waals surface area contributed by atoms with E-state index in [9.17, 15) is 9.59 Å². The number of ether oxygens (including phenoxy) is 1. The molecule has 1 aliphatic carbocycles. The Labute approximate surface area is 228 Å². The molecule has 9 heteroatoms. The van der Waals surface area contributed by atoms with Crippen molar-refractivity contribution in [3.8, 4) is 11.1 Å². The number of amides is 1. The molecule has 3 N–H and O–H groups in total. The van der Waals surface area contributed by atoms with Gasteiger partial charge in [0.25, 0.3) is 5.91 Å². The lowest BCUT2D eigenvalue weighted by atomic mass is 9.96. The maximum absolute atomic E-state index is 13.5. The summed E-state index contributed by atoms with van der Waals surface area (Å²) in [6, 6.07) is 9.31. The third kappa shape index (κ3) is 5.37. The molecule has 0 radical (unpaired) electrons. The Hall–Kier alpha value is -2.94. The highest BCUT2D eigenvalue weighted by Gasteiger charge is 2.26. The van der Waals surface area contributed by atoms with Gasteiger partial charge in [-0.25, -0.2) is 9.78 Å². The topological polar surface area (TPSA) is 94.3 Å². The molecule has 6 nitrogen and oxygen atoms in total. The maximum atomic E-state index is 13.5. The number of hydrogen-bond acceptors (Lipinski definition) is 7. The number of halogens is 1. The molecular weight excluding hydrogens is 526 g/mol. The minimum atomic E-state index is -0.498. The zero-order valence-corrected chi connectivity index (χ0v) is 23.1. The Bertz CT molecular complexity index is 1470. The normalized spacial score (nSPS) is 13.7. The van der Waals surface area contributed by atoms with Crippen LogP contribution < -0.4 is 11.1 Å². The van der Waals surface area contributed by atoms with Gasteiger partial charge in [-0.1, -0.05) is 36.6 Å². The van der Waals surface area contributed by atoms with Crippen molar-refractivity contribution in [2.75, 3.05) is 11.1 Å². The third-order valence-corrected chi connectivity index (χ3v) is 8.69. The standard InChI is InChI=1S/C28H28ClN3O3S2/c1-15(2)35-28(34)22-20(16-9-11-18(29)12-10-16)14-36-27(22)32-25(33)24-23(30)19-13-17-7-5-3-4-6-8-21(17)31-26(19)37-24/h9-15H,3-8,30H2,1-2H3,(H,32,33). The summed E-state index contributed by atoms with van der Waals surface area (Å²) in [5.41, 5.74) is 11.0. The van der Waals surface area contributed by atoms with Gasteiger partial charge in [0.05, 0.1) is 11.8 Å². The van der Waals surface area contributed by atoms with E-state index in [1.165, 1.54) is 41.1 Å². The first-order chi connectivity index (χ1) is 17.8. The Kier molecular flexibility index (Phi) is 7.51. The molecule has 192 valence electrons. The lowest BCUT2D eigenvalue weighted by molar-refractivity contribution is 0.0380. The van der Waals surface area contributed by atoms with Gasteiger partial charge in [0.1, 0.15) is 20.3 Å². The fraction of sp³-hybridized carbons (Fsp3) is 0.321. The van der Waals surface area contributed by atoms with Gasteiger partial charge in [-0.05, 0) is 68.9 Å². The average molecular weight is 554 g/mol. The number of aromatic nitrogens is 1. The van der Waals surface area contributed by atoms with Gasteiger partial charge in [-0.2, -0.15) is 0 Å². The molecule has 4 aromatic rings. The van der Waals surface area contributed by atoms with E-state index >= 15 is 0 Å². The summed E-state index contributed by atoms with van der Waals surface area (Å²) in [6.45, 7) is 3.58. The van der Waals surface area contributed by atoms with Crippen molar-refractivity contribution in [3.05, 3.63) is 62.4 Å². The van der Waals surface area contributed by atoms with Gasteiger partial charge in [-0.3, -0.25) is 4.79 Å². The summed E-state index contributed by atoms with van der Waals surface area (Å²) in [5.74, 6) is -0.863. The molecule has 1 aliphatic rings. The van der Waals surface area contributed by atoms with Gasteiger partial charge >= 0.3 is 5.97 Å². The number of anilines is 2. The number of carbonyl (C=O) groups is 2. The number of esters is 1. The van der Waals surface area contributed by atoms with Crippen molar-refractivity contribution in [2.24, 2.45) is 0 Å². The summed E-state index contributed by atoms with van der Waals surface area (Å²) < 4.78 is 5.52. The Morgan fingerprint density at radius 1 is 1.11 bits per heavy atom. The fourth-order valence-corrected chi connectivity index (χ4v) is 6.68. The van der Waals surface area contributed by atoms with Crippen molar-refractivity contribution in [1.82, 2.24) is 4.98 Å². The van der Waals surface area contributed by atoms with E-state index in [0.717, 1.165) is 47.2 Å². The van der Waals surface area contributed by atoms with E-state index in [1.54, 1.807) is 26.0 Å². The summed E-state index contributed by atoms with van der Waals surface area (Å²) in [5, 5.41) is 6.60. The van der Waals surface area contributed by atoms with Crippen molar-refractivity contribution in [1.29, 1.82) is 0 Å². The predicted octanol–water partition coefficient (Wildman–Crippen LogP) is 7.74. The van der Waals surface area contributed by atoms with Crippen LogP contribution in [-0.2, 0) is 17.6 Å². The van der Waals surface area contributed by atoms with Gasteiger partial charge in [0.15, 0.2) is 0 Å². The molecule has 0 atom stereocenters. The molecular formula is C28H28ClN3O3S2. The molecule has 0 spiro atoms. The Morgan fingerprint density at radius 2 is 1.84 bits per heavy atom. The minimum absolute atomic E-state index is 0.308. The number of rotatable bonds is 5. The first-order valence-electron chi connectivity index (χ1n) is 12.4. The van der Waals surface area contributed by atoms with Crippen LogP contribution in [0.1, 0.15) is 70.8 Å². The zero-order valence-electron chi connectivity index (χ0n) is 20.7. The van der Waals surface area contributed by atoms with Crippen LogP contribution in [0.25, 0.3) is 21.3 Å². The predicted molar refractivity (Wildman–Crippen MR) is 153 cm³/mol. The van der Waals surface area contributed by atoms with Gasteiger partial charge in [-0.15, -0.1) is 22.7 Å². The lowest BCUT2D eigenvalue weighted by Gasteiger charge is -2.12. The van der Waals surface area contributed by atoms with E-state index in [4.69, 9.17) is 27.1 Å². The largest absolute Gasteiger partial charge is 0.459 e. The van der Waals surface area contributed by atoms with E-state index in [0.29, 0.717) is 31.7 Å². The second-order valence-electron chi connectivity index (χ2n) is 9.47. The minimum Gasteiger partial charge on any atom is -0.459 e. The highest BCUT2D eigenvalue weighted by molar-refractivity contribution is 7.21. The molecule has 37 heavy (non-hydrogen) atoms. The molecule has 1 aromatic carbocycles. The number of benzene rings is 1. The van der Waals surface area contributed by atoms with E-state index in [1.807, 2.05) is 17.5 Å². The van der Waals surface area contributed by atoms with Crippen molar-refractivity contribution in [3.63, 3.8) is 0 Å². The van der Waals surface area contributed by atoms with Gasteiger partial charge < -0.3 is 15.8 Å². The number of aryl methyl sites for hydroxylation is 2. The molecule has 3 aromatic heterocycles. The first-order valence-corrected chi connectivity index (χ1v) is 14.5. The van der Waals surface area contributed by atoms with Crippen LogP contribution in [0.5, 0.6) is 0 Å². The molecule has 0 fully saturated rings. The van der Waals surface area contributed by atoms with Crippen LogP contribution in [0.15, 0.2) is 35.7 Å². The maximum Gasteiger partial charge on any atom is 0.342 e. The molecule has 0 aliphatic heterocycles. The van der Waals surface area contributed by atoms with Gasteiger partial charge in [0.2, 0.25) is 0 Å². The molecule has 0 bridgehead atoms. The van der Waals surface area contributed by atoms with Gasteiger partial charge in [0, 0.05) is 27.0 Å². The second kappa shape index (κ2) is 10.8. The molecule has 1 amide bonds. The van der Waals surface area contributed by atoms with E-state index in [2.05, 4.69) is 11.4 Å². The van der Waals surface area contributed by atoms with Crippen LogP contribution in [-0.4, -0.2) is 23.0 Å². The molecule has 0 saturated heterocycles. The number of hydrogen-bond donors (Lipinski definition) is 2. The Balaban J connectivity index is 1.50. The zero-order chi connectivity index (χ0) is 26.1. The third-order valence-electron chi connectivity index (χ3n) is 6.43. The number of carbonyl (C=O) groups excluding carboxylic acids is 2. The fourth-order valence-electron chi connectivity index (χ4n) is 4.61. The number of nitrogens with one attached hydrogen (secondary N) is 1. The number of fused-ring (bicyclic) bond motifs is 2. The van der Waals surface area contributed by atoms with Crippen LogP contribution in [0.4, 0.5) is 10.7 Å². The lowest BCUT2D eigenvalue weighted by Crippen LogP contribution is -2.16. The van der Waals surface area contributed by atoms with Crippen LogP contribution >= 0.6 is 34.3 Å². The van der Waals surface area contributed by atoms with Crippen LogP contribution in [0, 0.1) is 0 Å². The van der Waals surface area contributed by atoms with Crippen molar-refractivity contribution >= 4 is 67.1 Å². The summed E-state index contributed by atoms with van der Waals surface area (Å²) in [4.78, 5) is 32.6. The van der Waals surface area contributed by atoms with Crippen LogP contribution in [0.3, 0.4) is 0 Å². The average Bonchev–Trinajstić information content (AvgIpc) is 3.40. The first kappa shape index (κ1) is 25.7. The molecule has 3 heterocycles. The number of nitrogens with two attached hydrogens (primary N) is 1. The SMILES string of the molecule is CC(C)OC(=O)c1c(-c2ccc(Cl)cc2)csc1NC(=O)c1sc2nc3c(cc2c1N)CCCCCC3. The van der Waals surface area contributed by atoms with E-state index in [-0.39, 0.29) is 12.0 Å². The summed E-state index contributed by atoms with van der Waals surface area (Å²) in [7, 11) is 0. The summed E-state index contributed by atoms with van der Waals surface area (Å²) in [6.07, 6.45) is 6.35. The smallest absolute Gasteiger partial charge is 0.342 e. The number of nitrogen functional groups attached to an aromatic ring is 1. The quantitative estimate of drug-likeness (QED) is 0.246. The van der Waals surface area contributed by atoms with Crippen molar-refractivity contribution in [2.45, 2.75) is 58.5 Å². The van der Waals surface area contributed by atoms with E-state index < -0.39 is 5.97 Å². The second-order valence-corrected chi connectivity index (χ2v) is 11.8. The monoisotopic (exact) mass is 553 g/mol. The van der Waals surface area contributed by atoms with Crippen LogP contribution in [0.2, 0.25) is 5.02 Å². The Morgan fingerprint density at radius 3 is 2.57 bits per heavy atom.